The molecular weight excluding hydrogens is 358 g/mol. The lowest BCUT2D eigenvalue weighted by Gasteiger charge is -2.06. The summed E-state index contributed by atoms with van der Waals surface area (Å²) in [7, 11) is 0. The van der Waals surface area contributed by atoms with Crippen molar-refractivity contribution in [2.45, 2.75) is 0 Å². The second kappa shape index (κ2) is 7.48. The van der Waals surface area contributed by atoms with Crippen LogP contribution in [0.1, 0.15) is 5.56 Å². The highest BCUT2D eigenvalue weighted by atomic mass is 35.5. The van der Waals surface area contributed by atoms with E-state index >= 15 is 0 Å². The Kier molecular flexibility index (Phi) is 4.73. The van der Waals surface area contributed by atoms with Crippen molar-refractivity contribution in [1.29, 1.82) is 0 Å². The number of benzene rings is 2. The molecule has 2 aromatic carbocycles. The fraction of sp³-hybridized carbons (Fsp3) is 0. The maximum Gasteiger partial charge on any atom is 0.249 e. The van der Waals surface area contributed by atoms with E-state index in [2.05, 4.69) is 10.3 Å². The molecular formula is C22H16ClN3O. The molecule has 1 N–H and O–H groups in total. The molecule has 0 aliphatic rings. The van der Waals surface area contributed by atoms with Crippen LogP contribution in [0.5, 0.6) is 0 Å². The average molecular weight is 374 g/mol. The lowest BCUT2D eigenvalue weighted by Crippen LogP contribution is -2.10. The van der Waals surface area contributed by atoms with Crippen LogP contribution in [0.2, 0.25) is 5.02 Å². The van der Waals surface area contributed by atoms with Gasteiger partial charge in [-0.1, -0.05) is 60.1 Å². The number of rotatable bonds is 4. The van der Waals surface area contributed by atoms with Crippen molar-refractivity contribution in [2.24, 2.45) is 0 Å². The summed E-state index contributed by atoms with van der Waals surface area (Å²) >= 11 is 6.00. The Morgan fingerprint density at radius 3 is 2.48 bits per heavy atom. The standard InChI is InChI=1S/C22H16ClN3O/c23-18-12-10-17(11-13-18)21-22(26-15-5-4-8-19(26)24-21)25-20(27)14-9-16-6-2-1-3-7-16/h1-15H,(H,25,27). The van der Waals surface area contributed by atoms with Gasteiger partial charge in [0.05, 0.1) is 0 Å². The van der Waals surface area contributed by atoms with Gasteiger partial charge in [0.2, 0.25) is 5.91 Å². The highest BCUT2D eigenvalue weighted by molar-refractivity contribution is 6.30. The third kappa shape index (κ3) is 3.76. The number of nitrogens with one attached hydrogen (secondary N) is 1. The quantitative estimate of drug-likeness (QED) is 0.493. The molecule has 0 bridgehead atoms. The van der Waals surface area contributed by atoms with Gasteiger partial charge in [-0.05, 0) is 35.9 Å². The van der Waals surface area contributed by atoms with E-state index in [0.717, 1.165) is 16.8 Å². The molecule has 0 atom stereocenters. The third-order valence-electron chi connectivity index (χ3n) is 4.12. The molecule has 132 valence electrons. The first-order valence-corrected chi connectivity index (χ1v) is 8.86. The van der Waals surface area contributed by atoms with Crippen molar-refractivity contribution in [1.82, 2.24) is 9.38 Å². The zero-order valence-electron chi connectivity index (χ0n) is 14.3. The highest BCUT2D eigenvalue weighted by Gasteiger charge is 2.15. The average Bonchev–Trinajstić information content (AvgIpc) is 3.06. The molecule has 27 heavy (non-hydrogen) atoms. The number of carbonyl (C=O) groups excluding carboxylic acids is 1. The maximum absolute atomic E-state index is 12.5. The number of imidazole rings is 1. The molecule has 4 aromatic rings. The fourth-order valence-electron chi connectivity index (χ4n) is 2.82. The minimum Gasteiger partial charge on any atom is -0.306 e. The Bertz CT molecular complexity index is 1120. The number of amides is 1. The van der Waals surface area contributed by atoms with Crippen LogP contribution >= 0.6 is 11.6 Å². The zero-order valence-corrected chi connectivity index (χ0v) is 15.1. The van der Waals surface area contributed by atoms with Gasteiger partial charge in [-0.15, -0.1) is 0 Å². The van der Waals surface area contributed by atoms with Gasteiger partial charge in [0.15, 0.2) is 0 Å². The van der Waals surface area contributed by atoms with E-state index in [9.17, 15) is 4.79 Å². The Morgan fingerprint density at radius 2 is 1.70 bits per heavy atom. The number of halogens is 1. The molecule has 0 unspecified atom stereocenters. The van der Waals surface area contributed by atoms with Crippen molar-refractivity contribution < 1.29 is 4.79 Å². The van der Waals surface area contributed by atoms with Crippen LogP contribution in [-0.4, -0.2) is 15.3 Å². The number of fused-ring (bicyclic) bond motifs is 1. The van der Waals surface area contributed by atoms with Crippen molar-refractivity contribution in [3.05, 3.63) is 95.7 Å². The summed E-state index contributed by atoms with van der Waals surface area (Å²) in [6, 6.07) is 22.8. The monoisotopic (exact) mass is 373 g/mol. The van der Waals surface area contributed by atoms with Crippen LogP contribution in [-0.2, 0) is 4.79 Å². The normalized spacial score (nSPS) is 11.1. The Hall–Kier alpha value is -3.37. The van der Waals surface area contributed by atoms with Crippen LogP contribution in [0.4, 0.5) is 5.82 Å². The first-order chi connectivity index (χ1) is 13.2. The van der Waals surface area contributed by atoms with E-state index in [1.165, 1.54) is 6.08 Å². The van der Waals surface area contributed by atoms with E-state index in [1.807, 2.05) is 83.4 Å². The topological polar surface area (TPSA) is 46.4 Å². The molecule has 2 aromatic heterocycles. The molecule has 0 fully saturated rings. The van der Waals surface area contributed by atoms with Crippen molar-refractivity contribution >= 4 is 35.0 Å². The van der Waals surface area contributed by atoms with Crippen LogP contribution in [0.3, 0.4) is 0 Å². The van der Waals surface area contributed by atoms with E-state index < -0.39 is 0 Å². The summed E-state index contributed by atoms with van der Waals surface area (Å²) in [6.07, 6.45) is 5.17. The minimum absolute atomic E-state index is 0.222. The number of pyridine rings is 1. The zero-order chi connectivity index (χ0) is 18.6. The summed E-state index contributed by atoms with van der Waals surface area (Å²) in [5.41, 5.74) is 3.29. The summed E-state index contributed by atoms with van der Waals surface area (Å²) in [5, 5.41) is 3.61. The first kappa shape index (κ1) is 17.1. The Balaban J connectivity index is 1.69. The van der Waals surface area contributed by atoms with Gasteiger partial charge in [0, 0.05) is 22.9 Å². The van der Waals surface area contributed by atoms with Gasteiger partial charge in [0.25, 0.3) is 0 Å². The molecule has 0 radical (unpaired) electrons. The van der Waals surface area contributed by atoms with Crippen LogP contribution in [0.15, 0.2) is 85.1 Å². The minimum atomic E-state index is -0.222. The molecule has 5 heteroatoms. The molecule has 1 amide bonds. The molecule has 2 heterocycles. The lowest BCUT2D eigenvalue weighted by atomic mass is 10.1. The lowest BCUT2D eigenvalue weighted by molar-refractivity contribution is -0.111. The van der Waals surface area contributed by atoms with Gasteiger partial charge in [-0.3, -0.25) is 9.20 Å². The predicted molar refractivity (Wildman–Crippen MR) is 110 cm³/mol. The summed E-state index contributed by atoms with van der Waals surface area (Å²) < 4.78 is 1.86. The van der Waals surface area contributed by atoms with Gasteiger partial charge in [-0.25, -0.2) is 4.98 Å². The first-order valence-electron chi connectivity index (χ1n) is 8.48. The molecule has 4 nitrogen and oxygen atoms in total. The Labute approximate surface area is 161 Å². The molecule has 0 spiro atoms. The van der Waals surface area contributed by atoms with Gasteiger partial charge in [-0.2, -0.15) is 0 Å². The summed E-state index contributed by atoms with van der Waals surface area (Å²) in [5.74, 6) is 0.398. The SMILES string of the molecule is O=C(C=Cc1ccccc1)Nc1c(-c2ccc(Cl)cc2)nc2ccccn12. The number of nitrogens with zero attached hydrogens (tertiary/aromatic N) is 2. The third-order valence-corrected chi connectivity index (χ3v) is 4.37. The van der Waals surface area contributed by atoms with E-state index in [1.54, 1.807) is 6.08 Å². The largest absolute Gasteiger partial charge is 0.306 e. The number of anilines is 1. The molecule has 0 aliphatic carbocycles. The number of hydrogen-bond acceptors (Lipinski definition) is 2. The van der Waals surface area contributed by atoms with Crippen LogP contribution in [0, 0.1) is 0 Å². The second-order valence-electron chi connectivity index (χ2n) is 5.98. The van der Waals surface area contributed by atoms with E-state index in [-0.39, 0.29) is 5.91 Å². The predicted octanol–water partition coefficient (Wildman–Crippen LogP) is 5.31. The highest BCUT2D eigenvalue weighted by Crippen LogP contribution is 2.29. The molecule has 0 saturated carbocycles. The maximum atomic E-state index is 12.5. The Morgan fingerprint density at radius 1 is 0.963 bits per heavy atom. The molecule has 0 aliphatic heterocycles. The van der Waals surface area contributed by atoms with Crippen molar-refractivity contribution in [2.75, 3.05) is 5.32 Å². The van der Waals surface area contributed by atoms with Crippen molar-refractivity contribution in [3.63, 3.8) is 0 Å². The number of aromatic nitrogens is 2. The smallest absolute Gasteiger partial charge is 0.249 e. The molecule has 0 saturated heterocycles. The van der Waals surface area contributed by atoms with Gasteiger partial charge in [0.1, 0.15) is 17.2 Å². The summed E-state index contributed by atoms with van der Waals surface area (Å²) in [4.78, 5) is 17.2. The van der Waals surface area contributed by atoms with Gasteiger partial charge >= 0.3 is 0 Å². The number of hydrogen-bond donors (Lipinski definition) is 1. The number of carbonyl (C=O) groups is 1. The van der Waals surface area contributed by atoms with Gasteiger partial charge < -0.3 is 5.32 Å². The van der Waals surface area contributed by atoms with E-state index in [4.69, 9.17) is 11.6 Å². The second-order valence-corrected chi connectivity index (χ2v) is 6.41. The van der Waals surface area contributed by atoms with Crippen molar-refractivity contribution in [3.8, 4) is 11.3 Å². The molecule has 4 rings (SSSR count). The fourth-order valence-corrected chi connectivity index (χ4v) is 2.94. The summed E-state index contributed by atoms with van der Waals surface area (Å²) in [6.45, 7) is 0. The van der Waals surface area contributed by atoms with E-state index in [0.29, 0.717) is 16.5 Å². The van der Waals surface area contributed by atoms with Crippen LogP contribution in [0.25, 0.3) is 23.0 Å². The van der Waals surface area contributed by atoms with Crippen LogP contribution < -0.4 is 5.32 Å².